The molecule has 4 rings (SSSR count). The molecule has 0 saturated heterocycles. The van der Waals surface area contributed by atoms with Crippen LogP contribution in [0.2, 0.25) is 17.5 Å². The van der Waals surface area contributed by atoms with Crippen LogP contribution in [0.5, 0.6) is 5.75 Å². The van der Waals surface area contributed by atoms with E-state index in [9.17, 15) is 4.79 Å². The summed E-state index contributed by atoms with van der Waals surface area (Å²) in [5.41, 5.74) is 3.21. The molecule has 0 radical (unpaired) electrons. The molecule has 0 spiro atoms. The van der Waals surface area contributed by atoms with E-state index in [4.69, 9.17) is 4.74 Å². The van der Waals surface area contributed by atoms with Gasteiger partial charge in [-0.2, -0.15) is 17.5 Å². The van der Waals surface area contributed by atoms with Crippen molar-refractivity contribution in [2.45, 2.75) is 109 Å². The van der Waals surface area contributed by atoms with Crippen molar-refractivity contribution >= 4 is 24.3 Å². The Bertz CT molecular complexity index is 1160. The molecule has 0 aliphatic heterocycles. The number of benzene rings is 2. The van der Waals surface area contributed by atoms with E-state index < -0.39 is 0 Å². The van der Waals surface area contributed by atoms with Crippen LogP contribution in [-0.4, -0.2) is 34.9 Å². The van der Waals surface area contributed by atoms with Gasteiger partial charge in [0, 0.05) is 28.8 Å². The molecule has 0 saturated carbocycles. The Balaban J connectivity index is 0.000000377. The van der Waals surface area contributed by atoms with Crippen LogP contribution in [0.4, 0.5) is 0 Å². The van der Waals surface area contributed by atoms with Gasteiger partial charge in [0.15, 0.2) is 5.78 Å². The molecule has 1 aliphatic carbocycles. The van der Waals surface area contributed by atoms with Gasteiger partial charge in [-0.1, -0.05) is 72.9 Å². The fraction of sp³-hybridized carbons (Fsp3) is 0.543. The average Bonchev–Trinajstić information content (AvgIpc) is 3.52. The molecule has 0 N–H and O–H groups in total. The molecular weight excluding hydrogens is 562 g/mol. The molecule has 1 heterocycles. The van der Waals surface area contributed by atoms with Crippen molar-refractivity contribution in [3.05, 3.63) is 77.9 Å². The molecular formula is C35H52BKN2O2S. The van der Waals surface area contributed by atoms with Crippen LogP contribution >= 0.6 is 11.8 Å². The van der Waals surface area contributed by atoms with E-state index in [1.807, 2.05) is 29.0 Å². The third-order valence-electron chi connectivity index (χ3n) is 9.80. The molecule has 4 unspecified atom stereocenters. The van der Waals surface area contributed by atoms with Gasteiger partial charge >= 0.3 is 51.4 Å². The molecule has 42 heavy (non-hydrogen) atoms. The maximum Gasteiger partial charge on any atom is 1.00 e. The van der Waals surface area contributed by atoms with Crippen LogP contribution in [0.25, 0.3) is 0 Å². The second-order valence-corrected chi connectivity index (χ2v) is 13.2. The van der Waals surface area contributed by atoms with Crippen molar-refractivity contribution < 1.29 is 60.9 Å². The monoisotopic (exact) mass is 614 g/mol. The normalized spacial score (nSPS) is 17.1. The molecule has 3 aromatic rings. The van der Waals surface area contributed by atoms with Gasteiger partial charge in [0.2, 0.25) is 0 Å². The molecule has 7 heteroatoms. The molecule has 0 bridgehead atoms. The third kappa shape index (κ3) is 11.0. The predicted octanol–water partition coefficient (Wildman–Crippen LogP) is 6.29. The van der Waals surface area contributed by atoms with E-state index in [1.54, 1.807) is 24.3 Å². The van der Waals surface area contributed by atoms with Crippen molar-refractivity contribution in [1.29, 1.82) is 0 Å². The second-order valence-electron chi connectivity index (χ2n) is 12.4. The average molecular weight is 615 g/mol. The first-order valence-corrected chi connectivity index (χ1v) is 17.1. The zero-order valence-corrected chi connectivity index (χ0v) is 31.5. The van der Waals surface area contributed by atoms with E-state index in [0.29, 0.717) is 6.61 Å². The summed E-state index contributed by atoms with van der Waals surface area (Å²) >= 11 is 1.74. The minimum atomic E-state index is 0. The van der Waals surface area contributed by atoms with Crippen LogP contribution < -0.4 is 56.1 Å². The second kappa shape index (κ2) is 19.5. The van der Waals surface area contributed by atoms with E-state index in [1.165, 1.54) is 29.7 Å². The van der Waals surface area contributed by atoms with E-state index >= 15 is 0 Å². The van der Waals surface area contributed by atoms with E-state index in [2.05, 4.69) is 77.0 Å². The number of aromatic nitrogens is 2. The molecule has 4 nitrogen and oxygen atoms in total. The smallest absolute Gasteiger partial charge is 0.492 e. The zero-order valence-electron chi connectivity index (χ0n) is 27.6. The largest absolute Gasteiger partial charge is 1.00 e. The third-order valence-corrected chi connectivity index (χ3v) is 10.5. The van der Waals surface area contributed by atoms with Crippen LogP contribution in [0, 0.1) is 5.92 Å². The van der Waals surface area contributed by atoms with Gasteiger partial charge in [0.1, 0.15) is 12.4 Å². The van der Waals surface area contributed by atoms with Gasteiger partial charge < -0.3 is 9.30 Å². The molecule has 0 fully saturated rings. The van der Waals surface area contributed by atoms with Gasteiger partial charge in [0.25, 0.3) is 0 Å². The van der Waals surface area contributed by atoms with Crippen molar-refractivity contribution in [2.75, 3.05) is 12.9 Å². The Morgan fingerprint density at radius 1 is 1.00 bits per heavy atom. The van der Waals surface area contributed by atoms with Gasteiger partial charge in [0.05, 0.1) is 12.9 Å². The number of ether oxygens (including phenoxy) is 1. The zero-order chi connectivity index (χ0) is 29.8. The minimum absolute atomic E-state index is 0. The first-order valence-electron chi connectivity index (χ1n) is 15.9. The fourth-order valence-corrected chi connectivity index (χ4v) is 7.19. The van der Waals surface area contributed by atoms with Gasteiger partial charge in [-0.25, -0.2) is 4.98 Å². The maximum atomic E-state index is 13.0. The topological polar surface area (TPSA) is 44.1 Å². The quantitative estimate of drug-likeness (QED) is 0.168. The number of ketones is 1. The number of fused-ring (bicyclic) bond motifs is 1. The van der Waals surface area contributed by atoms with Crippen LogP contribution in [0.1, 0.15) is 88.7 Å². The number of imidazole rings is 1. The summed E-state index contributed by atoms with van der Waals surface area (Å²) < 4.78 is 7.85. The molecule has 2 aromatic carbocycles. The number of aryl methyl sites for hydroxylation is 1. The van der Waals surface area contributed by atoms with Gasteiger partial charge in [-0.15, -0.1) is 11.8 Å². The van der Waals surface area contributed by atoms with E-state index in [-0.39, 0.29) is 69.8 Å². The Hall–Kier alpha value is -0.829. The summed E-state index contributed by atoms with van der Waals surface area (Å²) in [6, 6.07) is 14.4. The number of rotatable bonds is 13. The standard InChI is InChI=1S/C23H24N2O2S.C12H28B.K/c1-28-21-7-2-17(3-8-21)14-19-5-4-18-15-20(6-9-22(18)23(19)26)27-13-12-25-11-10-24-16-25;1-7-10(4)13(11(5)8-2)12(6)9-3;/h2-3,6-11,15-16,19H,4-5,12-14H2,1H3;10-13H,7-9H2,1-6H3;/q;-1;+1. The summed E-state index contributed by atoms with van der Waals surface area (Å²) in [6.07, 6.45) is 14.3. The van der Waals surface area contributed by atoms with Gasteiger partial charge in [-0.3, -0.25) is 4.79 Å². The number of thioether (sulfide) groups is 1. The van der Waals surface area contributed by atoms with Crippen molar-refractivity contribution in [2.24, 2.45) is 5.92 Å². The van der Waals surface area contributed by atoms with Crippen LogP contribution in [0.3, 0.4) is 0 Å². The molecule has 0 amide bonds. The summed E-state index contributed by atoms with van der Waals surface area (Å²) in [4.78, 5) is 18.3. The first kappa shape index (κ1) is 37.4. The summed E-state index contributed by atoms with van der Waals surface area (Å²) in [7, 11) is 0. The number of carbonyl (C=O) groups excluding carboxylic acids is 1. The SMILES string of the molecule is CCC(C)[BH-](C(C)CC)C(C)CC.CSc1ccc(CC2CCc3cc(OCCn4ccnc4)ccc3C2=O)cc1.[K+]. The number of carbonyl (C=O) groups is 1. The first-order chi connectivity index (χ1) is 19.8. The summed E-state index contributed by atoms with van der Waals surface area (Å²) in [5.74, 6) is 4.10. The maximum absolute atomic E-state index is 13.0. The molecule has 224 valence electrons. The molecule has 1 aromatic heterocycles. The Kier molecular flexibility index (Phi) is 17.4. The number of Topliss-reactive ketones (excluding diaryl/α,β-unsaturated/α-hetero) is 1. The van der Waals surface area contributed by atoms with Crippen LogP contribution in [0.15, 0.2) is 66.1 Å². The predicted molar refractivity (Wildman–Crippen MR) is 179 cm³/mol. The Morgan fingerprint density at radius 2 is 1.64 bits per heavy atom. The number of hydrogen-bond donors (Lipinski definition) is 0. The van der Waals surface area contributed by atoms with Crippen molar-refractivity contribution in [3.8, 4) is 5.75 Å². The van der Waals surface area contributed by atoms with Gasteiger partial charge in [-0.05, 0) is 73.7 Å². The van der Waals surface area contributed by atoms with E-state index in [0.717, 1.165) is 60.1 Å². The molecule has 4 atom stereocenters. The number of nitrogens with zero attached hydrogens (tertiary/aromatic N) is 2. The summed E-state index contributed by atoms with van der Waals surface area (Å²) in [6.45, 7) is 15.8. The van der Waals surface area contributed by atoms with Crippen LogP contribution in [-0.2, 0) is 19.4 Å². The van der Waals surface area contributed by atoms with Crippen molar-refractivity contribution in [3.63, 3.8) is 0 Å². The fourth-order valence-electron chi connectivity index (χ4n) is 6.78. The summed E-state index contributed by atoms with van der Waals surface area (Å²) in [5, 5.41) is 0. The van der Waals surface area contributed by atoms with Crippen molar-refractivity contribution in [1.82, 2.24) is 9.55 Å². The minimum Gasteiger partial charge on any atom is -0.492 e. The Morgan fingerprint density at radius 3 is 2.19 bits per heavy atom. The molecule has 1 aliphatic rings. The Labute approximate surface area is 303 Å². The number of hydrogen-bond acceptors (Lipinski definition) is 4.